The van der Waals surface area contributed by atoms with Gasteiger partial charge in [-0.15, -0.1) is 0 Å². The molecule has 7 nitrogen and oxygen atoms in total. The first kappa shape index (κ1) is 21.2. The van der Waals surface area contributed by atoms with E-state index >= 15 is 0 Å². The highest BCUT2D eigenvalue weighted by molar-refractivity contribution is 7.92. The zero-order valence-electron chi connectivity index (χ0n) is 16.6. The van der Waals surface area contributed by atoms with Crippen LogP contribution < -0.4 is 19.5 Å². The van der Waals surface area contributed by atoms with E-state index in [9.17, 15) is 13.2 Å². The molecule has 0 aromatic heterocycles. The lowest BCUT2D eigenvalue weighted by atomic mass is 10.2. The third kappa shape index (κ3) is 5.74. The molecule has 0 fully saturated rings. The van der Waals surface area contributed by atoms with Gasteiger partial charge in [0.2, 0.25) is 0 Å². The lowest BCUT2D eigenvalue weighted by Crippen LogP contribution is -2.20. The Labute approximate surface area is 175 Å². The molecule has 0 radical (unpaired) electrons. The topological polar surface area (TPSA) is 93.7 Å². The van der Waals surface area contributed by atoms with Crippen molar-refractivity contribution in [2.75, 3.05) is 23.8 Å². The summed E-state index contributed by atoms with van der Waals surface area (Å²) in [6.45, 7) is 1.74. The summed E-state index contributed by atoms with van der Waals surface area (Å²) in [6.07, 6.45) is 0. The minimum atomic E-state index is -3.77. The molecule has 0 heterocycles. The van der Waals surface area contributed by atoms with Crippen molar-refractivity contribution in [1.82, 2.24) is 0 Å². The predicted octanol–water partition coefficient (Wildman–Crippen LogP) is 3.82. The van der Waals surface area contributed by atoms with Crippen molar-refractivity contribution in [2.24, 2.45) is 0 Å². The highest BCUT2D eigenvalue weighted by atomic mass is 32.2. The second-order valence-corrected chi connectivity index (χ2v) is 8.20. The van der Waals surface area contributed by atoms with E-state index in [1.54, 1.807) is 30.3 Å². The fourth-order valence-corrected chi connectivity index (χ4v) is 3.73. The number of carbonyl (C=O) groups excluding carboxylic acids is 1. The maximum atomic E-state index is 12.6. The standard InChI is InChI=1S/C22H22N2O5S/c1-16-5-3-6-17(13-16)23-22(25)15-29-19-9-11-21(12-10-19)30(26,27)24-18-7-4-8-20(14-18)28-2/h3-14,24H,15H2,1-2H3,(H,23,25). The van der Waals surface area contributed by atoms with Gasteiger partial charge in [0.15, 0.2) is 6.61 Å². The van der Waals surface area contributed by atoms with Crippen LogP contribution in [0.15, 0.2) is 77.7 Å². The summed E-state index contributed by atoms with van der Waals surface area (Å²) >= 11 is 0. The molecule has 3 rings (SSSR count). The SMILES string of the molecule is COc1cccc(NS(=O)(=O)c2ccc(OCC(=O)Nc3cccc(C)c3)cc2)c1. The molecular formula is C22H22N2O5S. The number of amides is 1. The maximum Gasteiger partial charge on any atom is 0.262 e. The van der Waals surface area contributed by atoms with E-state index in [-0.39, 0.29) is 17.4 Å². The number of rotatable bonds is 8. The van der Waals surface area contributed by atoms with Gasteiger partial charge >= 0.3 is 0 Å². The second kappa shape index (κ2) is 9.32. The Kier molecular flexibility index (Phi) is 6.58. The Hall–Kier alpha value is -3.52. The number of sulfonamides is 1. The van der Waals surface area contributed by atoms with E-state index < -0.39 is 10.0 Å². The van der Waals surface area contributed by atoms with Crippen molar-refractivity contribution in [2.45, 2.75) is 11.8 Å². The van der Waals surface area contributed by atoms with Crippen LogP contribution in [0.1, 0.15) is 5.56 Å². The van der Waals surface area contributed by atoms with Crippen LogP contribution in [-0.4, -0.2) is 28.0 Å². The minimum absolute atomic E-state index is 0.0712. The average Bonchev–Trinajstić information content (AvgIpc) is 2.72. The molecule has 0 aliphatic carbocycles. The monoisotopic (exact) mass is 426 g/mol. The molecule has 0 saturated carbocycles. The molecule has 8 heteroatoms. The number of methoxy groups -OCH3 is 1. The van der Waals surface area contributed by atoms with Crippen LogP contribution in [0.5, 0.6) is 11.5 Å². The summed E-state index contributed by atoms with van der Waals surface area (Å²) in [5.41, 5.74) is 2.12. The molecule has 156 valence electrons. The first-order valence-electron chi connectivity index (χ1n) is 9.12. The lowest BCUT2D eigenvalue weighted by molar-refractivity contribution is -0.118. The molecule has 0 spiro atoms. The van der Waals surface area contributed by atoms with E-state index in [0.717, 1.165) is 5.56 Å². The van der Waals surface area contributed by atoms with Gasteiger partial charge in [0.05, 0.1) is 17.7 Å². The van der Waals surface area contributed by atoms with E-state index in [1.165, 1.54) is 31.4 Å². The van der Waals surface area contributed by atoms with Gasteiger partial charge < -0.3 is 14.8 Å². The molecule has 1 amide bonds. The number of ether oxygens (including phenoxy) is 2. The van der Waals surface area contributed by atoms with E-state index in [1.807, 2.05) is 25.1 Å². The lowest BCUT2D eigenvalue weighted by Gasteiger charge is -2.11. The zero-order chi connectivity index (χ0) is 21.6. The number of hydrogen-bond donors (Lipinski definition) is 2. The van der Waals surface area contributed by atoms with Crippen molar-refractivity contribution in [1.29, 1.82) is 0 Å². The molecule has 0 bridgehead atoms. The van der Waals surface area contributed by atoms with Gasteiger partial charge in [0.25, 0.3) is 15.9 Å². The van der Waals surface area contributed by atoms with Crippen LogP contribution in [0.3, 0.4) is 0 Å². The highest BCUT2D eigenvalue weighted by Crippen LogP contribution is 2.22. The quantitative estimate of drug-likeness (QED) is 0.571. The van der Waals surface area contributed by atoms with Crippen LogP contribution >= 0.6 is 0 Å². The fraction of sp³-hybridized carbons (Fsp3) is 0.136. The van der Waals surface area contributed by atoms with Gasteiger partial charge in [-0.25, -0.2) is 8.42 Å². The van der Waals surface area contributed by atoms with Gasteiger partial charge in [0.1, 0.15) is 11.5 Å². The van der Waals surface area contributed by atoms with Gasteiger partial charge in [-0.3, -0.25) is 9.52 Å². The van der Waals surface area contributed by atoms with Gasteiger partial charge in [-0.05, 0) is 61.0 Å². The Bertz CT molecular complexity index is 1130. The Balaban J connectivity index is 1.59. The van der Waals surface area contributed by atoms with Crippen molar-refractivity contribution in [3.05, 3.63) is 78.4 Å². The van der Waals surface area contributed by atoms with Crippen LogP contribution in [0.4, 0.5) is 11.4 Å². The number of aryl methyl sites for hydroxylation is 1. The van der Waals surface area contributed by atoms with Gasteiger partial charge in [-0.2, -0.15) is 0 Å². The molecule has 3 aromatic rings. The molecule has 0 saturated heterocycles. The maximum absolute atomic E-state index is 12.6. The average molecular weight is 426 g/mol. The molecule has 2 N–H and O–H groups in total. The number of nitrogens with one attached hydrogen (secondary N) is 2. The smallest absolute Gasteiger partial charge is 0.262 e. The van der Waals surface area contributed by atoms with Crippen molar-refractivity contribution >= 4 is 27.3 Å². The first-order chi connectivity index (χ1) is 14.4. The van der Waals surface area contributed by atoms with Crippen molar-refractivity contribution in [3.8, 4) is 11.5 Å². The molecule has 3 aromatic carbocycles. The molecular weight excluding hydrogens is 404 g/mol. The molecule has 30 heavy (non-hydrogen) atoms. The van der Waals surface area contributed by atoms with E-state index in [4.69, 9.17) is 9.47 Å². The van der Waals surface area contributed by atoms with Gasteiger partial charge in [-0.1, -0.05) is 18.2 Å². The molecule has 0 aliphatic rings. The minimum Gasteiger partial charge on any atom is -0.497 e. The van der Waals surface area contributed by atoms with Crippen LogP contribution in [0.2, 0.25) is 0 Å². The number of anilines is 2. The molecule has 0 unspecified atom stereocenters. The number of hydrogen-bond acceptors (Lipinski definition) is 5. The first-order valence-corrected chi connectivity index (χ1v) is 10.6. The second-order valence-electron chi connectivity index (χ2n) is 6.52. The van der Waals surface area contributed by atoms with E-state index in [2.05, 4.69) is 10.0 Å². The van der Waals surface area contributed by atoms with Crippen LogP contribution in [0.25, 0.3) is 0 Å². The summed E-state index contributed by atoms with van der Waals surface area (Å²) in [6, 6.07) is 19.9. The summed E-state index contributed by atoms with van der Waals surface area (Å²) < 4.78 is 38.1. The largest absolute Gasteiger partial charge is 0.497 e. The zero-order valence-corrected chi connectivity index (χ0v) is 17.4. The van der Waals surface area contributed by atoms with Crippen molar-refractivity contribution in [3.63, 3.8) is 0 Å². The van der Waals surface area contributed by atoms with Crippen LogP contribution in [-0.2, 0) is 14.8 Å². The third-order valence-corrected chi connectivity index (χ3v) is 5.52. The Morgan fingerprint density at radius 3 is 2.30 bits per heavy atom. The fourth-order valence-electron chi connectivity index (χ4n) is 2.68. The third-order valence-electron chi connectivity index (χ3n) is 4.13. The normalized spacial score (nSPS) is 10.9. The Morgan fingerprint density at radius 1 is 0.900 bits per heavy atom. The van der Waals surface area contributed by atoms with Crippen molar-refractivity contribution < 1.29 is 22.7 Å². The molecule has 0 atom stereocenters. The summed E-state index contributed by atoms with van der Waals surface area (Å²) in [7, 11) is -2.26. The highest BCUT2D eigenvalue weighted by Gasteiger charge is 2.15. The van der Waals surface area contributed by atoms with E-state index in [0.29, 0.717) is 22.9 Å². The summed E-state index contributed by atoms with van der Waals surface area (Å²) in [4.78, 5) is 12.1. The predicted molar refractivity (Wildman–Crippen MR) is 116 cm³/mol. The van der Waals surface area contributed by atoms with Gasteiger partial charge in [0, 0.05) is 11.8 Å². The summed E-state index contributed by atoms with van der Waals surface area (Å²) in [5.74, 6) is 0.620. The summed E-state index contributed by atoms with van der Waals surface area (Å²) in [5, 5.41) is 2.75. The number of carbonyl (C=O) groups is 1. The van der Waals surface area contributed by atoms with Crippen LogP contribution in [0, 0.1) is 6.92 Å². The Morgan fingerprint density at radius 2 is 1.60 bits per heavy atom. The molecule has 0 aliphatic heterocycles. The number of benzene rings is 3.